The highest BCUT2D eigenvalue weighted by Gasteiger charge is 2.17. The number of imidazole rings is 1. The zero-order valence-electron chi connectivity index (χ0n) is 18.3. The number of benzene rings is 2. The van der Waals surface area contributed by atoms with Gasteiger partial charge in [-0.1, -0.05) is 38.1 Å². The van der Waals surface area contributed by atoms with Gasteiger partial charge in [-0.05, 0) is 53.4 Å². The monoisotopic (exact) mass is 420 g/mol. The van der Waals surface area contributed by atoms with E-state index >= 15 is 0 Å². The highest BCUT2D eigenvalue weighted by atomic mass is 16.3. The van der Waals surface area contributed by atoms with Gasteiger partial charge in [0.2, 0.25) is 0 Å². The van der Waals surface area contributed by atoms with Gasteiger partial charge in [0, 0.05) is 30.6 Å². The first-order valence-corrected chi connectivity index (χ1v) is 10.7. The maximum Gasteiger partial charge on any atom is 0.144 e. The molecule has 3 heterocycles. The second-order valence-corrected chi connectivity index (χ2v) is 8.27. The number of aromatic nitrogens is 4. The number of hydrogen-bond donors (Lipinski definition) is 1. The normalized spacial score (nSPS) is 11.4. The molecule has 0 spiro atoms. The molecular formula is C27H24N4O. The number of aromatic hydroxyl groups is 1. The molecular weight excluding hydrogens is 396 g/mol. The van der Waals surface area contributed by atoms with Crippen LogP contribution in [0.2, 0.25) is 0 Å². The van der Waals surface area contributed by atoms with Crippen molar-refractivity contribution in [1.29, 1.82) is 0 Å². The van der Waals surface area contributed by atoms with Crippen molar-refractivity contribution in [1.82, 2.24) is 19.5 Å². The van der Waals surface area contributed by atoms with Crippen molar-refractivity contribution in [3.63, 3.8) is 0 Å². The predicted octanol–water partition coefficient (Wildman–Crippen LogP) is 6.19. The van der Waals surface area contributed by atoms with Crippen LogP contribution in [0.4, 0.5) is 0 Å². The Morgan fingerprint density at radius 3 is 2.47 bits per heavy atom. The zero-order chi connectivity index (χ0) is 22.2. The van der Waals surface area contributed by atoms with Gasteiger partial charge in [-0.15, -0.1) is 0 Å². The summed E-state index contributed by atoms with van der Waals surface area (Å²) >= 11 is 0. The summed E-state index contributed by atoms with van der Waals surface area (Å²) in [5.41, 5.74) is 8.01. The minimum absolute atomic E-state index is 0.117. The second-order valence-electron chi connectivity index (χ2n) is 8.27. The van der Waals surface area contributed by atoms with E-state index in [0.29, 0.717) is 17.3 Å². The van der Waals surface area contributed by atoms with Crippen LogP contribution < -0.4 is 0 Å². The third-order valence-electron chi connectivity index (χ3n) is 5.85. The molecule has 0 saturated carbocycles. The van der Waals surface area contributed by atoms with Crippen LogP contribution in [-0.4, -0.2) is 24.6 Å². The minimum Gasteiger partial charge on any atom is -0.506 e. The van der Waals surface area contributed by atoms with Crippen LogP contribution in [0.3, 0.4) is 0 Å². The van der Waals surface area contributed by atoms with Crippen LogP contribution in [0, 0.1) is 0 Å². The van der Waals surface area contributed by atoms with Gasteiger partial charge in [-0.25, -0.2) is 4.98 Å². The van der Waals surface area contributed by atoms with Crippen LogP contribution in [0.5, 0.6) is 5.75 Å². The second kappa shape index (κ2) is 7.93. The van der Waals surface area contributed by atoms with Gasteiger partial charge < -0.3 is 9.67 Å². The van der Waals surface area contributed by atoms with Gasteiger partial charge >= 0.3 is 0 Å². The minimum atomic E-state index is 0.117. The van der Waals surface area contributed by atoms with E-state index < -0.39 is 0 Å². The number of pyridine rings is 2. The van der Waals surface area contributed by atoms with Gasteiger partial charge in [0.1, 0.15) is 11.6 Å². The fourth-order valence-corrected chi connectivity index (χ4v) is 4.09. The highest BCUT2D eigenvalue weighted by Crippen LogP contribution is 2.36. The lowest BCUT2D eigenvalue weighted by Crippen LogP contribution is -1.93. The van der Waals surface area contributed by atoms with E-state index in [9.17, 15) is 5.11 Å². The topological polar surface area (TPSA) is 63.8 Å². The molecule has 32 heavy (non-hydrogen) atoms. The summed E-state index contributed by atoms with van der Waals surface area (Å²) < 4.78 is 2.01. The standard InChI is InChI=1S/C27H24N4O/c1-17(2)18-13-19(15-20(14-18)23-8-4-5-11-29-23)21-7-6-9-24-26(21)30-27(31(24)3)22-10-12-28-16-25(22)32/h4-17,32H,1-3H3. The lowest BCUT2D eigenvalue weighted by Gasteiger charge is -2.13. The molecule has 0 radical (unpaired) electrons. The molecule has 3 aromatic heterocycles. The average Bonchev–Trinajstić information content (AvgIpc) is 3.16. The summed E-state index contributed by atoms with van der Waals surface area (Å²) in [5.74, 6) is 1.20. The van der Waals surface area contributed by atoms with E-state index in [4.69, 9.17) is 4.98 Å². The van der Waals surface area contributed by atoms with Gasteiger partial charge in [0.05, 0.1) is 28.5 Å². The van der Waals surface area contributed by atoms with Crippen molar-refractivity contribution in [3.05, 3.63) is 84.8 Å². The third-order valence-corrected chi connectivity index (χ3v) is 5.85. The molecule has 1 N–H and O–H groups in total. The predicted molar refractivity (Wildman–Crippen MR) is 128 cm³/mol. The van der Waals surface area contributed by atoms with Crippen LogP contribution in [0.15, 0.2) is 79.3 Å². The van der Waals surface area contributed by atoms with Crippen molar-refractivity contribution in [2.45, 2.75) is 19.8 Å². The first kappa shape index (κ1) is 19.9. The molecule has 5 aromatic rings. The number of aryl methyl sites for hydroxylation is 1. The number of rotatable bonds is 4. The van der Waals surface area contributed by atoms with Crippen LogP contribution in [0.25, 0.3) is 44.8 Å². The summed E-state index contributed by atoms with van der Waals surface area (Å²) in [6.45, 7) is 4.40. The Kier molecular flexibility index (Phi) is 4.94. The van der Waals surface area contributed by atoms with E-state index in [-0.39, 0.29) is 5.75 Å². The van der Waals surface area contributed by atoms with E-state index in [1.54, 1.807) is 12.3 Å². The molecule has 0 aliphatic heterocycles. The molecule has 5 nitrogen and oxygen atoms in total. The van der Waals surface area contributed by atoms with Crippen LogP contribution in [-0.2, 0) is 7.05 Å². The molecule has 0 bridgehead atoms. The first-order valence-electron chi connectivity index (χ1n) is 10.7. The maximum atomic E-state index is 10.3. The van der Waals surface area contributed by atoms with Crippen molar-refractivity contribution in [3.8, 4) is 39.5 Å². The summed E-state index contributed by atoms with van der Waals surface area (Å²) in [7, 11) is 1.97. The molecule has 0 saturated heterocycles. The first-order chi connectivity index (χ1) is 15.5. The van der Waals surface area contributed by atoms with E-state index in [2.05, 4.69) is 60.2 Å². The summed E-state index contributed by atoms with van der Waals surface area (Å²) in [6, 6.07) is 20.6. The zero-order valence-corrected chi connectivity index (χ0v) is 18.3. The lowest BCUT2D eigenvalue weighted by molar-refractivity contribution is 0.474. The number of hydrogen-bond acceptors (Lipinski definition) is 4. The van der Waals surface area contributed by atoms with Crippen LogP contribution >= 0.6 is 0 Å². The largest absolute Gasteiger partial charge is 0.506 e. The molecule has 0 atom stereocenters. The number of para-hydroxylation sites is 1. The molecule has 0 unspecified atom stereocenters. The molecule has 5 heteroatoms. The Morgan fingerprint density at radius 1 is 0.875 bits per heavy atom. The molecule has 5 rings (SSSR count). The van der Waals surface area contributed by atoms with Gasteiger partial charge in [-0.2, -0.15) is 0 Å². The fraction of sp³-hybridized carbons (Fsp3) is 0.148. The molecule has 2 aromatic carbocycles. The van der Waals surface area contributed by atoms with Crippen molar-refractivity contribution >= 4 is 11.0 Å². The van der Waals surface area contributed by atoms with Gasteiger partial charge in [0.25, 0.3) is 0 Å². The average molecular weight is 421 g/mol. The molecule has 0 fully saturated rings. The summed E-state index contributed by atoms with van der Waals surface area (Å²) in [5, 5.41) is 10.3. The van der Waals surface area contributed by atoms with E-state index in [0.717, 1.165) is 33.4 Å². The molecule has 0 aliphatic rings. The van der Waals surface area contributed by atoms with Crippen molar-refractivity contribution < 1.29 is 5.11 Å². The Bertz CT molecular complexity index is 1420. The SMILES string of the molecule is CC(C)c1cc(-c2ccccn2)cc(-c2cccc3c2nc(-c2ccncc2O)n3C)c1. The Hall–Kier alpha value is -3.99. The van der Waals surface area contributed by atoms with Crippen molar-refractivity contribution in [2.24, 2.45) is 7.05 Å². The molecule has 0 aliphatic carbocycles. The molecule has 158 valence electrons. The summed E-state index contributed by atoms with van der Waals surface area (Å²) in [6.07, 6.45) is 4.94. The lowest BCUT2D eigenvalue weighted by atomic mass is 9.93. The van der Waals surface area contributed by atoms with Crippen molar-refractivity contribution in [2.75, 3.05) is 0 Å². The Labute approximate surface area is 187 Å². The van der Waals surface area contributed by atoms with Gasteiger partial charge in [0.15, 0.2) is 0 Å². The Morgan fingerprint density at radius 2 is 1.72 bits per heavy atom. The third kappa shape index (κ3) is 3.42. The fourth-order valence-electron chi connectivity index (χ4n) is 4.09. The smallest absolute Gasteiger partial charge is 0.144 e. The highest BCUT2D eigenvalue weighted by molar-refractivity contribution is 5.95. The van der Waals surface area contributed by atoms with E-state index in [1.807, 2.05) is 36.0 Å². The van der Waals surface area contributed by atoms with Gasteiger partial charge in [-0.3, -0.25) is 9.97 Å². The number of nitrogens with zero attached hydrogens (tertiary/aromatic N) is 4. The van der Waals surface area contributed by atoms with Crippen LogP contribution in [0.1, 0.15) is 25.3 Å². The summed E-state index contributed by atoms with van der Waals surface area (Å²) in [4.78, 5) is 13.5. The van der Waals surface area contributed by atoms with E-state index in [1.165, 1.54) is 11.8 Å². The number of fused-ring (bicyclic) bond motifs is 1. The quantitative estimate of drug-likeness (QED) is 0.376. The molecule has 0 amide bonds. The maximum absolute atomic E-state index is 10.3. The Balaban J connectivity index is 1.74.